The number of hydrogen-bond acceptors (Lipinski definition) is 3. The van der Waals surface area contributed by atoms with Crippen molar-refractivity contribution in [3.63, 3.8) is 0 Å². The number of aliphatic hydroxyl groups is 1. The van der Waals surface area contributed by atoms with Gasteiger partial charge < -0.3 is 10.0 Å². The van der Waals surface area contributed by atoms with Crippen LogP contribution in [0, 0.1) is 0 Å². The topological polar surface area (TPSA) is 40.5 Å². The SMILES string of the molecule is C=C1c2ccccc2C(=O)c2c(Cl)ccc(N(C)CCO)c21.CC. The van der Waals surface area contributed by atoms with Gasteiger partial charge in [0.1, 0.15) is 0 Å². The molecule has 2 aromatic rings. The Kier molecular flexibility index (Phi) is 5.81. The summed E-state index contributed by atoms with van der Waals surface area (Å²) in [4.78, 5) is 14.7. The maximum absolute atomic E-state index is 12.8. The van der Waals surface area contributed by atoms with E-state index in [-0.39, 0.29) is 12.4 Å². The van der Waals surface area contributed by atoms with Crippen LogP contribution in [0.5, 0.6) is 0 Å². The number of halogens is 1. The molecule has 0 aliphatic heterocycles. The van der Waals surface area contributed by atoms with Gasteiger partial charge in [-0.1, -0.05) is 56.3 Å². The Bertz CT molecular complexity index is 783. The van der Waals surface area contributed by atoms with Crippen molar-refractivity contribution in [3.05, 3.63) is 70.3 Å². The molecule has 4 heteroatoms. The van der Waals surface area contributed by atoms with Crippen LogP contribution in [0.25, 0.3) is 5.57 Å². The number of ketones is 1. The van der Waals surface area contributed by atoms with E-state index in [0.717, 1.165) is 22.4 Å². The first-order valence-corrected chi connectivity index (χ1v) is 8.42. The van der Waals surface area contributed by atoms with Gasteiger partial charge in [0.25, 0.3) is 0 Å². The molecule has 0 bridgehead atoms. The second-order valence-electron chi connectivity index (χ2n) is 5.31. The minimum Gasteiger partial charge on any atom is -0.395 e. The summed E-state index contributed by atoms with van der Waals surface area (Å²) in [6, 6.07) is 11.0. The fourth-order valence-corrected chi connectivity index (χ4v) is 3.14. The van der Waals surface area contributed by atoms with E-state index in [1.807, 2.05) is 50.1 Å². The number of carbonyl (C=O) groups is 1. The first-order chi connectivity index (χ1) is 11.6. The largest absolute Gasteiger partial charge is 0.395 e. The predicted molar refractivity (Wildman–Crippen MR) is 101 cm³/mol. The molecule has 24 heavy (non-hydrogen) atoms. The molecular weight excluding hydrogens is 322 g/mol. The fourth-order valence-electron chi connectivity index (χ4n) is 2.90. The highest BCUT2D eigenvalue weighted by Gasteiger charge is 2.30. The van der Waals surface area contributed by atoms with Gasteiger partial charge in [0.05, 0.1) is 17.2 Å². The van der Waals surface area contributed by atoms with Crippen LogP contribution < -0.4 is 4.90 Å². The van der Waals surface area contributed by atoms with Crippen LogP contribution in [0.1, 0.15) is 40.9 Å². The predicted octanol–water partition coefficient (Wildman–Crippen LogP) is 4.40. The Morgan fingerprint density at radius 3 is 2.33 bits per heavy atom. The van der Waals surface area contributed by atoms with E-state index in [2.05, 4.69) is 6.58 Å². The van der Waals surface area contributed by atoms with Crippen molar-refractivity contribution in [2.24, 2.45) is 0 Å². The number of hydrogen-bond donors (Lipinski definition) is 1. The fraction of sp³-hybridized carbons (Fsp3) is 0.250. The number of rotatable bonds is 3. The lowest BCUT2D eigenvalue weighted by molar-refractivity contribution is 0.103. The van der Waals surface area contributed by atoms with Gasteiger partial charge in [-0.15, -0.1) is 0 Å². The third kappa shape index (κ3) is 2.97. The van der Waals surface area contributed by atoms with E-state index in [9.17, 15) is 9.90 Å². The van der Waals surface area contributed by atoms with Crippen molar-refractivity contribution in [2.75, 3.05) is 25.1 Å². The highest BCUT2D eigenvalue weighted by atomic mass is 35.5. The van der Waals surface area contributed by atoms with Crippen LogP contribution in [0.2, 0.25) is 5.02 Å². The number of likely N-dealkylation sites (N-methyl/N-ethyl adjacent to an activating group) is 1. The second kappa shape index (κ2) is 7.65. The Balaban J connectivity index is 0.00000100. The highest BCUT2D eigenvalue weighted by molar-refractivity contribution is 6.37. The van der Waals surface area contributed by atoms with Crippen molar-refractivity contribution in [1.29, 1.82) is 0 Å². The maximum Gasteiger partial charge on any atom is 0.195 e. The summed E-state index contributed by atoms with van der Waals surface area (Å²) in [5.74, 6) is -0.0813. The zero-order chi connectivity index (χ0) is 17.9. The minimum atomic E-state index is -0.0813. The van der Waals surface area contributed by atoms with Gasteiger partial charge in [-0.25, -0.2) is 0 Å². The molecule has 0 aromatic heterocycles. The smallest absolute Gasteiger partial charge is 0.195 e. The minimum absolute atomic E-state index is 0.0326. The zero-order valence-corrected chi connectivity index (χ0v) is 15.0. The average molecular weight is 344 g/mol. The number of nitrogens with zero attached hydrogens (tertiary/aromatic N) is 1. The molecule has 0 saturated carbocycles. The molecule has 0 spiro atoms. The van der Waals surface area contributed by atoms with Gasteiger partial charge in [0, 0.05) is 30.4 Å². The normalized spacial score (nSPS) is 12.0. The summed E-state index contributed by atoms with van der Waals surface area (Å²) in [5.41, 5.74) is 4.35. The first kappa shape index (κ1) is 18.2. The Hall–Kier alpha value is -2.10. The van der Waals surface area contributed by atoms with E-state index < -0.39 is 0 Å². The van der Waals surface area contributed by atoms with Crippen molar-refractivity contribution < 1.29 is 9.90 Å². The molecule has 0 unspecified atom stereocenters. The first-order valence-electron chi connectivity index (χ1n) is 8.04. The molecule has 2 aromatic carbocycles. The maximum atomic E-state index is 12.8. The van der Waals surface area contributed by atoms with E-state index in [1.165, 1.54) is 0 Å². The summed E-state index contributed by atoms with van der Waals surface area (Å²) in [7, 11) is 1.87. The average Bonchev–Trinajstić information content (AvgIpc) is 2.61. The molecule has 0 radical (unpaired) electrons. The van der Waals surface area contributed by atoms with Crippen molar-refractivity contribution >= 4 is 28.6 Å². The van der Waals surface area contributed by atoms with Crippen LogP contribution in [-0.4, -0.2) is 31.1 Å². The third-order valence-corrected chi connectivity index (χ3v) is 4.32. The lowest BCUT2D eigenvalue weighted by atomic mass is 9.81. The van der Waals surface area contributed by atoms with E-state index in [1.54, 1.807) is 12.1 Å². The van der Waals surface area contributed by atoms with Crippen molar-refractivity contribution in [3.8, 4) is 0 Å². The summed E-state index contributed by atoms with van der Waals surface area (Å²) in [6.07, 6.45) is 0. The summed E-state index contributed by atoms with van der Waals surface area (Å²) >= 11 is 6.29. The van der Waals surface area contributed by atoms with Gasteiger partial charge in [-0.2, -0.15) is 0 Å². The van der Waals surface area contributed by atoms with E-state index in [0.29, 0.717) is 22.7 Å². The van der Waals surface area contributed by atoms with Crippen molar-refractivity contribution in [1.82, 2.24) is 0 Å². The molecular formula is C20H22ClNO2. The molecule has 1 aliphatic rings. The van der Waals surface area contributed by atoms with E-state index >= 15 is 0 Å². The zero-order valence-electron chi connectivity index (χ0n) is 14.3. The molecule has 1 aliphatic carbocycles. The second-order valence-corrected chi connectivity index (χ2v) is 5.72. The van der Waals surface area contributed by atoms with Gasteiger partial charge in [0.2, 0.25) is 0 Å². The molecule has 0 fully saturated rings. The van der Waals surface area contributed by atoms with E-state index in [4.69, 9.17) is 11.6 Å². The molecule has 0 amide bonds. The monoisotopic (exact) mass is 343 g/mol. The van der Waals surface area contributed by atoms with Crippen LogP contribution in [0.15, 0.2) is 43.0 Å². The molecule has 0 saturated heterocycles. The van der Waals surface area contributed by atoms with Crippen LogP contribution in [-0.2, 0) is 0 Å². The summed E-state index contributed by atoms with van der Waals surface area (Å²) < 4.78 is 0. The van der Waals surface area contributed by atoms with Gasteiger partial charge in [-0.3, -0.25) is 4.79 Å². The Morgan fingerprint density at radius 2 is 1.71 bits per heavy atom. The number of anilines is 1. The third-order valence-electron chi connectivity index (χ3n) is 4.00. The lowest BCUT2D eigenvalue weighted by Crippen LogP contribution is -2.25. The van der Waals surface area contributed by atoms with Crippen LogP contribution in [0.3, 0.4) is 0 Å². The Labute approximate surface area is 148 Å². The molecule has 3 nitrogen and oxygen atoms in total. The molecule has 1 N–H and O–H groups in total. The van der Waals surface area contributed by atoms with Crippen LogP contribution in [0.4, 0.5) is 5.69 Å². The molecule has 126 valence electrons. The number of carbonyl (C=O) groups excluding carboxylic acids is 1. The molecule has 0 atom stereocenters. The standard InChI is InChI=1S/C18H16ClNO2.C2H6/c1-11-12-5-3-4-6-13(12)18(22)17-14(19)7-8-15(16(11)17)20(2)9-10-21;1-2/h3-8,21H,1,9-10H2,2H3;1-2H3. The summed E-state index contributed by atoms with van der Waals surface area (Å²) in [5, 5.41) is 9.60. The number of benzene rings is 2. The highest BCUT2D eigenvalue weighted by Crippen LogP contribution is 2.42. The van der Waals surface area contributed by atoms with Gasteiger partial charge in [0.15, 0.2) is 5.78 Å². The van der Waals surface area contributed by atoms with Gasteiger partial charge >= 0.3 is 0 Å². The quantitative estimate of drug-likeness (QED) is 0.766. The Morgan fingerprint density at radius 1 is 1.08 bits per heavy atom. The van der Waals surface area contributed by atoms with Gasteiger partial charge in [-0.05, 0) is 23.3 Å². The van der Waals surface area contributed by atoms with Crippen LogP contribution >= 0.6 is 11.6 Å². The number of fused-ring (bicyclic) bond motifs is 2. The summed E-state index contributed by atoms with van der Waals surface area (Å²) in [6.45, 7) is 8.68. The molecule has 0 heterocycles. The lowest BCUT2D eigenvalue weighted by Gasteiger charge is -2.28. The number of aliphatic hydroxyl groups excluding tert-OH is 1. The molecule has 3 rings (SSSR count). The van der Waals surface area contributed by atoms with Crippen molar-refractivity contribution in [2.45, 2.75) is 13.8 Å².